The summed E-state index contributed by atoms with van der Waals surface area (Å²) >= 11 is 1.41. The van der Waals surface area contributed by atoms with E-state index < -0.39 is 5.97 Å². The molecule has 1 aromatic rings. The van der Waals surface area contributed by atoms with Crippen molar-refractivity contribution in [3.8, 4) is 0 Å². The Kier molecular flexibility index (Phi) is 7.21. The van der Waals surface area contributed by atoms with Crippen molar-refractivity contribution in [3.63, 3.8) is 0 Å². The van der Waals surface area contributed by atoms with E-state index in [2.05, 4.69) is 18.8 Å². The minimum atomic E-state index is -0.426. The molecule has 1 aromatic heterocycles. The number of thiazole rings is 1. The maximum atomic E-state index is 12.9. The minimum Gasteiger partial charge on any atom is -0.464 e. The summed E-state index contributed by atoms with van der Waals surface area (Å²) in [7, 11) is 1.35. The van der Waals surface area contributed by atoms with E-state index in [1.165, 1.54) is 24.9 Å². The first-order chi connectivity index (χ1) is 11.5. The molecule has 1 amide bonds. The summed E-state index contributed by atoms with van der Waals surface area (Å²) in [5.41, 5.74) is 0.325. The number of hydrogen-bond donors (Lipinski definition) is 0. The van der Waals surface area contributed by atoms with Crippen LogP contribution in [0.2, 0.25) is 0 Å². The Bertz CT molecular complexity index is 550. The van der Waals surface area contributed by atoms with Crippen LogP contribution in [0.4, 0.5) is 0 Å². The van der Waals surface area contributed by atoms with Crippen molar-refractivity contribution in [3.05, 3.63) is 16.1 Å². The van der Waals surface area contributed by atoms with Crippen molar-refractivity contribution in [1.82, 2.24) is 9.88 Å². The summed E-state index contributed by atoms with van der Waals surface area (Å²) in [5, 5.41) is 2.50. The van der Waals surface area contributed by atoms with Gasteiger partial charge in [0.25, 0.3) is 0 Å². The van der Waals surface area contributed by atoms with Gasteiger partial charge < -0.3 is 9.64 Å². The highest BCUT2D eigenvalue weighted by Gasteiger charge is 2.27. The van der Waals surface area contributed by atoms with Crippen molar-refractivity contribution in [2.24, 2.45) is 11.8 Å². The van der Waals surface area contributed by atoms with Gasteiger partial charge in [-0.1, -0.05) is 33.1 Å². The Morgan fingerprint density at radius 2 is 2.04 bits per heavy atom. The predicted molar refractivity (Wildman–Crippen MR) is 94.9 cm³/mol. The topological polar surface area (TPSA) is 59.5 Å². The number of amides is 1. The lowest BCUT2D eigenvalue weighted by atomic mass is 9.88. The molecule has 0 atom stereocenters. The Labute approximate surface area is 148 Å². The highest BCUT2D eigenvalue weighted by Crippen LogP contribution is 2.26. The van der Waals surface area contributed by atoms with Crippen molar-refractivity contribution >= 4 is 23.2 Å². The minimum absolute atomic E-state index is 0.158. The monoisotopic (exact) mass is 352 g/mol. The van der Waals surface area contributed by atoms with E-state index >= 15 is 0 Å². The average Bonchev–Trinajstić information content (AvgIpc) is 3.06. The van der Waals surface area contributed by atoms with Gasteiger partial charge in [-0.3, -0.25) is 4.79 Å². The van der Waals surface area contributed by atoms with Gasteiger partial charge in [-0.15, -0.1) is 11.3 Å². The molecule has 0 aliphatic heterocycles. The molecule has 2 rings (SSSR count). The van der Waals surface area contributed by atoms with Crippen LogP contribution in [-0.4, -0.2) is 35.4 Å². The smallest absolute Gasteiger partial charge is 0.357 e. The van der Waals surface area contributed by atoms with Crippen molar-refractivity contribution < 1.29 is 14.3 Å². The van der Waals surface area contributed by atoms with Crippen LogP contribution in [0.15, 0.2) is 5.38 Å². The summed E-state index contributed by atoms with van der Waals surface area (Å²) in [5.74, 6) is 0.537. The number of methoxy groups -OCH3 is 1. The molecule has 24 heavy (non-hydrogen) atoms. The Morgan fingerprint density at radius 1 is 1.33 bits per heavy atom. The Balaban J connectivity index is 2.05. The van der Waals surface area contributed by atoms with E-state index in [0.717, 1.165) is 43.7 Å². The van der Waals surface area contributed by atoms with Gasteiger partial charge in [0.2, 0.25) is 5.91 Å². The van der Waals surface area contributed by atoms with E-state index in [1.807, 2.05) is 4.90 Å². The van der Waals surface area contributed by atoms with Crippen LogP contribution < -0.4 is 0 Å². The number of hydrogen-bond acceptors (Lipinski definition) is 5. The van der Waals surface area contributed by atoms with Gasteiger partial charge in [0.15, 0.2) is 5.69 Å². The molecule has 0 N–H and O–H groups in total. The zero-order chi connectivity index (χ0) is 17.5. The molecule has 1 aliphatic rings. The number of rotatable bonds is 7. The largest absolute Gasteiger partial charge is 0.464 e. The number of aromatic nitrogens is 1. The van der Waals surface area contributed by atoms with Crippen molar-refractivity contribution in [1.29, 1.82) is 0 Å². The molecule has 6 heteroatoms. The molecule has 5 nitrogen and oxygen atoms in total. The lowest BCUT2D eigenvalue weighted by molar-refractivity contribution is -0.137. The quantitative estimate of drug-likeness (QED) is 0.699. The van der Waals surface area contributed by atoms with Gasteiger partial charge in [0, 0.05) is 17.8 Å². The lowest BCUT2D eigenvalue weighted by Gasteiger charge is -2.29. The standard InChI is InChI=1S/C18H28N2O3S/c1-13(2)9-10-20(17(21)14-7-5-4-6-8-14)11-16-19-15(12-24-16)18(22)23-3/h12-14H,4-11H2,1-3H3. The summed E-state index contributed by atoms with van der Waals surface area (Å²) in [6, 6.07) is 0. The average molecular weight is 353 g/mol. The van der Waals surface area contributed by atoms with Gasteiger partial charge in [-0.05, 0) is 25.2 Å². The van der Waals surface area contributed by atoms with Crippen LogP contribution in [0.5, 0.6) is 0 Å². The zero-order valence-electron chi connectivity index (χ0n) is 14.9. The van der Waals surface area contributed by atoms with Crippen LogP contribution in [0, 0.1) is 11.8 Å². The summed E-state index contributed by atoms with van der Waals surface area (Å²) in [6.07, 6.45) is 6.53. The maximum Gasteiger partial charge on any atom is 0.357 e. The SMILES string of the molecule is COC(=O)c1csc(CN(CCC(C)C)C(=O)C2CCCCC2)n1. The fourth-order valence-electron chi connectivity index (χ4n) is 3.03. The molecule has 0 aromatic carbocycles. The second kappa shape index (κ2) is 9.16. The van der Waals surface area contributed by atoms with E-state index in [4.69, 9.17) is 4.74 Å². The maximum absolute atomic E-state index is 12.9. The predicted octanol–water partition coefficient (Wildman–Crippen LogP) is 3.88. The third-order valence-electron chi connectivity index (χ3n) is 4.51. The number of esters is 1. The van der Waals surface area contributed by atoms with Gasteiger partial charge in [-0.25, -0.2) is 9.78 Å². The molecular weight excluding hydrogens is 324 g/mol. The molecule has 1 fully saturated rings. The lowest BCUT2D eigenvalue weighted by Crippen LogP contribution is -2.37. The number of carbonyl (C=O) groups excluding carboxylic acids is 2. The second-order valence-corrected chi connectivity index (χ2v) is 7.84. The highest BCUT2D eigenvalue weighted by atomic mass is 32.1. The van der Waals surface area contributed by atoms with Crippen LogP contribution in [0.1, 0.15) is 67.9 Å². The van der Waals surface area contributed by atoms with E-state index in [1.54, 1.807) is 5.38 Å². The normalized spacial score (nSPS) is 15.5. The zero-order valence-corrected chi connectivity index (χ0v) is 15.7. The molecule has 1 heterocycles. The molecule has 0 spiro atoms. The van der Waals surface area contributed by atoms with Gasteiger partial charge >= 0.3 is 5.97 Å². The number of ether oxygens (including phenoxy) is 1. The third kappa shape index (κ3) is 5.30. The first-order valence-corrected chi connectivity index (χ1v) is 9.70. The van der Waals surface area contributed by atoms with Crippen LogP contribution in [0.25, 0.3) is 0 Å². The molecule has 0 unspecified atom stereocenters. The van der Waals surface area contributed by atoms with Crippen molar-refractivity contribution in [2.45, 2.75) is 58.9 Å². The van der Waals surface area contributed by atoms with Gasteiger partial charge in [0.05, 0.1) is 13.7 Å². The van der Waals surface area contributed by atoms with Crippen molar-refractivity contribution in [2.75, 3.05) is 13.7 Å². The Morgan fingerprint density at radius 3 is 2.67 bits per heavy atom. The third-order valence-corrected chi connectivity index (χ3v) is 5.35. The van der Waals surface area contributed by atoms with Crippen LogP contribution in [0.3, 0.4) is 0 Å². The molecular formula is C18H28N2O3S. The van der Waals surface area contributed by atoms with E-state index in [9.17, 15) is 9.59 Å². The summed E-state index contributed by atoms with van der Waals surface area (Å²) in [4.78, 5) is 30.7. The Hall–Kier alpha value is -1.43. The van der Waals surface area contributed by atoms with Gasteiger partial charge in [-0.2, -0.15) is 0 Å². The van der Waals surface area contributed by atoms with Crippen LogP contribution in [-0.2, 0) is 16.1 Å². The second-order valence-electron chi connectivity index (χ2n) is 6.90. The van der Waals surface area contributed by atoms with E-state index in [-0.39, 0.29) is 11.8 Å². The van der Waals surface area contributed by atoms with E-state index in [0.29, 0.717) is 18.2 Å². The molecule has 134 valence electrons. The molecule has 0 bridgehead atoms. The first-order valence-electron chi connectivity index (χ1n) is 8.82. The molecule has 0 radical (unpaired) electrons. The summed E-state index contributed by atoms with van der Waals surface area (Å²) in [6.45, 7) is 5.58. The van der Waals surface area contributed by atoms with Gasteiger partial charge in [0.1, 0.15) is 5.01 Å². The molecule has 1 saturated carbocycles. The fourth-order valence-corrected chi connectivity index (χ4v) is 3.81. The number of nitrogens with zero attached hydrogens (tertiary/aromatic N) is 2. The highest BCUT2D eigenvalue weighted by molar-refractivity contribution is 7.09. The van der Waals surface area contributed by atoms with Crippen LogP contribution >= 0.6 is 11.3 Å². The number of carbonyl (C=O) groups is 2. The fraction of sp³-hybridized carbons (Fsp3) is 0.722. The molecule has 0 saturated heterocycles. The first kappa shape index (κ1) is 18.9. The molecule has 1 aliphatic carbocycles. The summed E-state index contributed by atoms with van der Waals surface area (Å²) < 4.78 is 4.70.